The van der Waals surface area contributed by atoms with E-state index in [1.165, 1.54) is 5.56 Å². The van der Waals surface area contributed by atoms with Crippen molar-refractivity contribution >= 4 is 23.5 Å². The third kappa shape index (κ3) is 4.93. The summed E-state index contributed by atoms with van der Waals surface area (Å²) in [5.74, 6) is 0.533. The van der Waals surface area contributed by atoms with E-state index in [2.05, 4.69) is 29.9 Å². The number of aliphatic hydroxyl groups is 1. The van der Waals surface area contributed by atoms with Crippen molar-refractivity contribution in [1.29, 1.82) is 0 Å². The predicted molar refractivity (Wildman–Crippen MR) is 88.7 cm³/mol. The SMILES string of the molecule is CS[C@H](C)c1cccc(NC(=O)N[C@H](CCO)C2CC2)c1. The first-order valence-electron chi connectivity index (χ1n) is 7.45. The molecule has 21 heavy (non-hydrogen) atoms. The Labute approximate surface area is 130 Å². The molecule has 0 aliphatic heterocycles. The zero-order chi connectivity index (χ0) is 15.2. The normalized spacial score (nSPS) is 17.1. The molecule has 1 saturated carbocycles. The zero-order valence-corrected chi connectivity index (χ0v) is 13.5. The minimum atomic E-state index is -0.186. The van der Waals surface area contributed by atoms with Gasteiger partial charge >= 0.3 is 6.03 Å². The molecule has 116 valence electrons. The molecular formula is C16H24N2O2S. The van der Waals surface area contributed by atoms with Gasteiger partial charge in [0.1, 0.15) is 0 Å². The van der Waals surface area contributed by atoms with Crippen LogP contribution in [0.1, 0.15) is 37.0 Å². The van der Waals surface area contributed by atoms with Gasteiger partial charge in [0.25, 0.3) is 0 Å². The molecule has 3 N–H and O–H groups in total. The minimum Gasteiger partial charge on any atom is -0.396 e. The summed E-state index contributed by atoms with van der Waals surface area (Å²) in [4.78, 5) is 12.1. The molecule has 1 aliphatic rings. The van der Waals surface area contributed by atoms with Crippen molar-refractivity contribution in [3.05, 3.63) is 29.8 Å². The lowest BCUT2D eigenvalue weighted by Gasteiger charge is -2.18. The van der Waals surface area contributed by atoms with E-state index in [1.807, 2.05) is 18.2 Å². The molecule has 1 aliphatic carbocycles. The summed E-state index contributed by atoms with van der Waals surface area (Å²) in [5.41, 5.74) is 2.01. The lowest BCUT2D eigenvalue weighted by Crippen LogP contribution is -2.39. The van der Waals surface area contributed by atoms with Crippen LogP contribution in [0.2, 0.25) is 0 Å². The van der Waals surface area contributed by atoms with E-state index >= 15 is 0 Å². The highest BCUT2D eigenvalue weighted by Gasteiger charge is 2.31. The summed E-state index contributed by atoms with van der Waals surface area (Å²) < 4.78 is 0. The molecule has 0 spiro atoms. The summed E-state index contributed by atoms with van der Waals surface area (Å²) in [6, 6.07) is 7.85. The van der Waals surface area contributed by atoms with E-state index in [0.29, 0.717) is 17.6 Å². The second-order valence-corrected chi connectivity index (χ2v) is 6.74. The monoisotopic (exact) mass is 308 g/mol. The molecule has 1 fully saturated rings. The third-order valence-corrected chi connectivity index (χ3v) is 4.89. The Hall–Kier alpha value is -1.20. The molecule has 4 nitrogen and oxygen atoms in total. The molecule has 0 aromatic heterocycles. The molecule has 0 radical (unpaired) electrons. The number of rotatable bonds is 7. The van der Waals surface area contributed by atoms with Crippen LogP contribution in [-0.2, 0) is 0 Å². The van der Waals surface area contributed by atoms with Crippen molar-refractivity contribution in [3.63, 3.8) is 0 Å². The third-order valence-electron chi connectivity index (χ3n) is 3.92. The Balaban J connectivity index is 1.92. The van der Waals surface area contributed by atoms with Gasteiger partial charge in [-0.3, -0.25) is 0 Å². The fourth-order valence-electron chi connectivity index (χ4n) is 2.40. The molecule has 2 rings (SSSR count). The van der Waals surface area contributed by atoms with Gasteiger partial charge in [-0.2, -0.15) is 11.8 Å². The Kier molecular flexibility index (Phi) is 5.94. The maximum atomic E-state index is 12.1. The van der Waals surface area contributed by atoms with Crippen molar-refractivity contribution in [3.8, 4) is 0 Å². The van der Waals surface area contributed by atoms with Gasteiger partial charge in [0.05, 0.1) is 0 Å². The Morgan fingerprint density at radius 2 is 2.24 bits per heavy atom. The smallest absolute Gasteiger partial charge is 0.319 e. The largest absolute Gasteiger partial charge is 0.396 e. The second-order valence-electron chi connectivity index (χ2n) is 5.56. The van der Waals surface area contributed by atoms with Gasteiger partial charge < -0.3 is 15.7 Å². The van der Waals surface area contributed by atoms with Gasteiger partial charge in [-0.15, -0.1) is 0 Å². The first-order chi connectivity index (χ1) is 10.1. The van der Waals surface area contributed by atoms with Crippen molar-refractivity contribution in [2.75, 3.05) is 18.2 Å². The molecule has 5 heteroatoms. The van der Waals surface area contributed by atoms with E-state index in [1.54, 1.807) is 11.8 Å². The average Bonchev–Trinajstić information content (AvgIpc) is 3.31. The number of hydrogen-bond donors (Lipinski definition) is 3. The highest BCUT2D eigenvalue weighted by atomic mass is 32.2. The van der Waals surface area contributed by atoms with Crippen LogP contribution in [0.4, 0.5) is 10.5 Å². The average molecular weight is 308 g/mol. The summed E-state index contributed by atoms with van der Waals surface area (Å²) in [6.45, 7) is 2.26. The number of nitrogens with one attached hydrogen (secondary N) is 2. The van der Waals surface area contributed by atoms with Crippen LogP contribution in [-0.4, -0.2) is 30.0 Å². The quantitative estimate of drug-likeness (QED) is 0.723. The van der Waals surface area contributed by atoms with Gasteiger partial charge in [0, 0.05) is 23.6 Å². The number of urea groups is 1. The van der Waals surface area contributed by atoms with Crippen molar-refractivity contribution in [1.82, 2.24) is 5.32 Å². The molecule has 1 aromatic rings. The molecule has 1 aromatic carbocycles. The summed E-state index contributed by atoms with van der Waals surface area (Å²) >= 11 is 1.78. The van der Waals surface area contributed by atoms with Crippen molar-refractivity contribution in [2.45, 2.75) is 37.5 Å². The van der Waals surface area contributed by atoms with Crippen LogP contribution < -0.4 is 10.6 Å². The van der Waals surface area contributed by atoms with Crippen LogP contribution >= 0.6 is 11.8 Å². The molecule has 0 saturated heterocycles. The van der Waals surface area contributed by atoms with Crippen molar-refractivity contribution < 1.29 is 9.90 Å². The van der Waals surface area contributed by atoms with Crippen LogP contribution in [0.3, 0.4) is 0 Å². The van der Waals surface area contributed by atoms with Gasteiger partial charge in [0.2, 0.25) is 0 Å². The highest BCUT2D eigenvalue weighted by molar-refractivity contribution is 7.98. The van der Waals surface area contributed by atoms with Gasteiger partial charge in [0.15, 0.2) is 0 Å². The summed E-state index contributed by atoms with van der Waals surface area (Å²) in [7, 11) is 0. The lowest BCUT2D eigenvalue weighted by molar-refractivity contribution is 0.234. The van der Waals surface area contributed by atoms with E-state index in [0.717, 1.165) is 18.5 Å². The van der Waals surface area contributed by atoms with Crippen LogP contribution in [0.5, 0.6) is 0 Å². The summed E-state index contributed by atoms with van der Waals surface area (Å²) in [6.07, 6.45) is 4.99. The first kappa shape index (κ1) is 16.2. The van der Waals surface area contributed by atoms with Gasteiger partial charge in [-0.05, 0) is 56.1 Å². The first-order valence-corrected chi connectivity index (χ1v) is 8.74. The maximum Gasteiger partial charge on any atom is 0.319 e. The fraction of sp³-hybridized carbons (Fsp3) is 0.562. The van der Waals surface area contributed by atoms with Gasteiger partial charge in [-0.25, -0.2) is 4.79 Å². The second kappa shape index (κ2) is 7.71. The Morgan fingerprint density at radius 3 is 2.86 bits per heavy atom. The number of amides is 2. The molecule has 0 bridgehead atoms. The standard InChI is InChI=1S/C16H24N2O2S/c1-11(21-2)13-4-3-5-14(10-13)17-16(20)18-15(8-9-19)12-6-7-12/h3-5,10-12,15,19H,6-9H2,1-2H3,(H2,17,18,20)/t11-,15-/m1/s1. The molecule has 2 amide bonds. The molecule has 2 atom stereocenters. The number of anilines is 1. The minimum absolute atomic E-state index is 0.0864. The number of carbonyl (C=O) groups excluding carboxylic acids is 1. The summed E-state index contributed by atoms with van der Waals surface area (Å²) in [5, 5.41) is 15.3. The Bertz CT molecular complexity index is 477. The van der Waals surface area contributed by atoms with E-state index in [9.17, 15) is 4.79 Å². The fourth-order valence-corrected chi connectivity index (χ4v) is 2.82. The zero-order valence-electron chi connectivity index (χ0n) is 12.6. The molecular weight excluding hydrogens is 284 g/mol. The number of thioether (sulfide) groups is 1. The van der Waals surface area contributed by atoms with Crippen LogP contribution in [0, 0.1) is 5.92 Å². The number of benzene rings is 1. The molecule has 0 unspecified atom stereocenters. The van der Waals surface area contributed by atoms with Gasteiger partial charge in [-0.1, -0.05) is 12.1 Å². The Morgan fingerprint density at radius 1 is 1.48 bits per heavy atom. The van der Waals surface area contributed by atoms with Crippen molar-refractivity contribution in [2.24, 2.45) is 5.92 Å². The number of aliphatic hydroxyl groups excluding tert-OH is 1. The lowest BCUT2D eigenvalue weighted by atomic mass is 10.1. The van der Waals surface area contributed by atoms with Crippen LogP contribution in [0.15, 0.2) is 24.3 Å². The van der Waals surface area contributed by atoms with Crippen LogP contribution in [0.25, 0.3) is 0 Å². The predicted octanol–water partition coefficient (Wildman–Crippen LogP) is 3.39. The topological polar surface area (TPSA) is 61.4 Å². The van der Waals surface area contributed by atoms with E-state index in [-0.39, 0.29) is 18.7 Å². The maximum absolute atomic E-state index is 12.1. The van der Waals surface area contributed by atoms with E-state index in [4.69, 9.17) is 5.11 Å². The number of hydrogen-bond acceptors (Lipinski definition) is 3. The van der Waals surface area contributed by atoms with E-state index < -0.39 is 0 Å². The highest BCUT2D eigenvalue weighted by Crippen LogP contribution is 2.34. The molecule has 0 heterocycles. The number of carbonyl (C=O) groups is 1.